The smallest absolute Gasteiger partial charge is 0.280 e. The van der Waals surface area contributed by atoms with E-state index in [4.69, 9.17) is 9.84 Å². The van der Waals surface area contributed by atoms with Crippen LogP contribution >= 0.6 is 0 Å². The minimum atomic E-state index is -0.376. The quantitative estimate of drug-likeness (QED) is 0.335. The third-order valence-electron chi connectivity index (χ3n) is 5.95. The minimum absolute atomic E-state index is 0.199. The number of carbonyl (C=O) groups is 1. The van der Waals surface area contributed by atoms with Gasteiger partial charge in [-0.05, 0) is 55.3 Å². The number of amides is 1. The van der Waals surface area contributed by atoms with Crippen LogP contribution in [0.3, 0.4) is 0 Å². The Morgan fingerprint density at radius 3 is 2.41 bits per heavy atom. The molecule has 0 aliphatic carbocycles. The van der Waals surface area contributed by atoms with Crippen molar-refractivity contribution in [1.82, 2.24) is 29.4 Å². The first kappa shape index (κ1) is 24.1. The molecule has 0 unspecified atom stereocenters. The van der Waals surface area contributed by atoms with E-state index < -0.39 is 0 Å². The number of ether oxygens (including phenoxy) is 1. The maximum atomic E-state index is 13.6. The molecule has 0 saturated carbocycles. The number of hydrogen-bond acceptors (Lipinski definition) is 5. The van der Waals surface area contributed by atoms with Crippen LogP contribution in [-0.4, -0.2) is 36.6 Å². The van der Waals surface area contributed by atoms with E-state index in [0.717, 1.165) is 23.4 Å². The van der Waals surface area contributed by atoms with E-state index in [0.29, 0.717) is 35.6 Å². The molecule has 37 heavy (non-hydrogen) atoms. The van der Waals surface area contributed by atoms with Crippen LogP contribution in [0, 0.1) is 6.92 Å². The van der Waals surface area contributed by atoms with E-state index in [1.165, 1.54) is 4.68 Å². The van der Waals surface area contributed by atoms with Gasteiger partial charge in [-0.1, -0.05) is 37.3 Å². The highest BCUT2D eigenvalue weighted by Crippen LogP contribution is 2.24. The van der Waals surface area contributed by atoms with Crippen molar-refractivity contribution < 1.29 is 9.53 Å². The third-order valence-corrected chi connectivity index (χ3v) is 5.95. The Morgan fingerprint density at radius 2 is 1.70 bits per heavy atom. The number of hydrogen-bond donors (Lipinski definition) is 1. The molecule has 0 radical (unpaired) electrons. The van der Waals surface area contributed by atoms with Crippen molar-refractivity contribution in [1.29, 1.82) is 0 Å². The van der Waals surface area contributed by atoms with E-state index in [-0.39, 0.29) is 18.0 Å². The fourth-order valence-electron chi connectivity index (χ4n) is 4.15. The second kappa shape index (κ2) is 10.5. The fraction of sp³-hybridized carbons (Fsp3) is 0.214. The standard InChI is InChI=1S/C28H28N6O3/c1-3-17-37-23-13-11-21(12-14-23)18-29-24(35)19-33-28(36)25-26(20(2)30-33)31-34(22-9-5-4-6-10-22)27(25)32-15-7-8-16-32/h4-16H,3,17-19H2,1-2H3,(H,29,35). The molecule has 0 spiro atoms. The van der Waals surface area contributed by atoms with Gasteiger partial charge >= 0.3 is 0 Å². The number of nitrogens with one attached hydrogen (secondary N) is 1. The summed E-state index contributed by atoms with van der Waals surface area (Å²) in [4.78, 5) is 26.4. The monoisotopic (exact) mass is 496 g/mol. The number of benzene rings is 2. The molecular weight excluding hydrogens is 468 g/mol. The van der Waals surface area contributed by atoms with Crippen LogP contribution in [0.15, 0.2) is 83.9 Å². The Labute approximate surface area is 213 Å². The molecule has 9 heteroatoms. The van der Waals surface area contributed by atoms with Crippen molar-refractivity contribution >= 4 is 16.8 Å². The van der Waals surface area contributed by atoms with Crippen LogP contribution in [-0.2, 0) is 17.9 Å². The predicted octanol–water partition coefficient (Wildman–Crippen LogP) is 3.79. The molecule has 1 N–H and O–H groups in total. The topological polar surface area (TPSA) is 96.0 Å². The third kappa shape index (κ3) is 5.02. The Kier molecular flexibility index (Phi) is 6.85. The van der Waals surface area contributed by atoms with E-state index in [1.807, 2.05) is 83.7 Å². The SMILES string of the molecule is CCCOc1ccc(CNC(=O)Cn2nc(C)c3nn(-c4ccccc4)c(-n4cccc4)c3c2=O)cc1. The Balaban J connectivity index is 1.43. The van der Waals surface area contributed by atoms with E-state index in [9.17, 15) is 9.59 Å². The lowest BCUT2D eigenvalue weighted by atomic mass is 10.2. The number of carbonyl (C=O) groups excluding carboxylic acids is 1. The number of fused-ring (bicyclic) bond motifs is 1. The summed E-state index contributed by atoms with van der Waals surface area (Å²) in [5, 5.41) is 12.4. The van der Waals surface area contributed by atoms with Crippen molar-refractivity contribution in [3.05, 3.63) is 101 Å². The summed E-state index contributed by atoms with van der Waals surface area (Å²) in [5.41, 5.74) is 2.44. The van der Waals surface area contributed by atoms with Crippen molar-refractivity contribution in [2.45, 2.75) is 33.4 Å². The lowest BCUT2D eigenvalue weighted by Gasteiger charge is -2.10. The van der Waals surface area contributed by atoms with Gasteiger partial charge in [0.25, 0.3) is 5.56 Å². The zero-order chi connectivity index (χ0) is 25.8. The molecule has 5 rings (SSSR count). The van der Waals surface area contributed by atoms with Gasteiger partial charge in [0, 0.05) is 18.9 Å². The number of aromatic nitrogens is 5. The first-order chi connectivity index (χ1) is 18.0. The molecule has 3 aromatic heterocycles. The summed E-state index contributed by atoms with van der Waals surface area (Å²) in [6, 6.07) is 21.0. The molecule has 0 aliphatic heterocycles. The average Bonchev–Trinajstić information content (AvgIpc) is 3.59. The van der Waals surface area contributed by atoms with Gasteiger partial charge in [-0.15, -0.1) is 0 Å². The molecule has 0 fully saturated rings. The number of rotatable bonds is 9. The van der Waals surface area contributed by atoms with Crippen molar-refractivity contribution in [2.24, 2.45) is 0 Å². The Bertz CT molecular complexity index is 1570. The van der Waals surface area contributed by atoms with Crippen LogP contribution in [0.5, 0.6) is 5.75 Å². The van der Waals surface area contributed by atoms with E-state index >= 15 is 0 Å². The van der Waals surface area contributed by atoms with Gasteiger partial charge in [-0.3, -0.25) is 9.59 Å². The Morgan fingerprint density at radius 1 is 0.973 bits per heavy atom. The second-order valence-electron chi connectivity index (χ2n) is 8.70. The highest BCUT2D eigenvalue weighted by molar-refractivity contribution is 5.88. The molecule has 0 atom stereocenters. The maximum Gasteiger partial charge on any atom is 0.280 e. The zero-order valence-corrected chi connectivity index (χ0v) is 20.8. The highest BCUT2D eigenvalue weighted by atomic mass is 16.5. The van der Waals surface area contributed by atoms with Crippen molar-refractivity contribution in [2.75, 3.05) is 6.61 Å². The van der Waals surface area contributed by atoms with Crippen LogP contribution < -0.4 is 15.6 Å². The van der Waals surface area contributed by atoms with E-state index in [2.05, 4.69) is 17.3 Å². The number of nitrogens with zero attached hydrogens (tertiary/aromatic N) is 5. The van der Waals surface area contributed by atoms with Gasteiger partial charge in [0.15, 0.2) is 5.82 Å². The summed E-state index contributed by atoms with van der Waals surface area (Å²) in [6.07, 6.45) is 4.66. The summed E-state index contributed by atoms with van der Waals surface area (Å²) >= 11 is 0. The largest absolute Gasteiger partial charge is 0.494 e. The minimum Gasteiger partial charge on any atom is -0.494 e. The molecule has 0 aliphatic rings. The molecule has 188 valence electrons. The van der Waals surface area contributed by atoms with E-state index in [1.54, 1.807) is 11.6 Å². The zero-order valence-electron chi connectivity index (χ0n) is 20.8. The summed E-state index contributed by atoms with van der Waals surface area (Å²) in [6.45, 7) is 4.65. The number of aryl methyl sites for hydroxylation is 1. The van der Waals surface area contributed by atoms with Crippen LogP contribution in [0.2, 0.25) is 0 Å². The normalized spacial score (nSPS) is 11.1. The summed E-state index contributed by atoms with van der Waals surface area (Å²) < 4.78 is 10.4. The van der Waals surface area contributed by atoms with Crippen molar-refractivity contribution in [3.8, 4) is 17.3 Å². The Hall–Kier alpha value is -4.66. The summed E-state index contributed by atoms with van der Waals surface area (Å²) in [5.74, 6) is 1.09. The lowest BCUT2D eigenvalue weighted by molar-refractivity contribution is -0.122. The molecule has 2 aromatic carbocycles. The van der Waals surface area contributed by atoms with Crippen LogP contribution in [0.1, 0.15) is 24.6 Å². The van der Waals surface area contributed by atoms with Gasteiger partial charge in [-0.25, -0.2) is 9.36 Å². The fourth-order valence-corrected chi connectivity index (χ4v) is 4.15. The second-order valence-corrected chi connectivity index (χ2v) is 8.70. The van der Waals surface area contributed by atoms with Gasteiger partial charge in [0.1, 0.15) is 23.2 Å². The van der Waals surface area contributed by atoms with Gasteiger partial charge in [0.05, 0.1) is 18.0 Å². The lowest BCUT2D eigenvalue weighted by Crippen LogP contribution is -2.34. The first-order valence-corrected chi connectivity index (χ1v) is 12.2. The molecule has 3 heterocycles. The van der Waals surface area contributed by atoms with Crippen LogP contribution in [0.4, 0.5) is 0 Å². The highest BCUT2D eigenvalue weighted by Gasteiger charge is 2.22. The molecule has 5 aromatic rings. The maximum absolute atomic E-state index is 13.6. The van der Waals surface area contributed by atoms with Gasteiger partial charge in [0.2, 0.25) is 5.91 Å². The summed E-state index contributed by atoms with van der Waals surface area (Å²) in [7, 11) is 0. The van der Waals surface area contributed by atoms with Gasteiger partial charge in [-0.2, -0.15) is 10.2 Å². The first-order valence-electron chi connectivity index (χ1n) is 12.2. The molecule has 1 amide bonds. The van der Waals surface area contributed by atoms with Gasteiger partial charge < -0.3 is 14.6 Å². The molecular formula is C28H28N6O3. The molecule has 0 bridgehead atoms. The number of para-hydroxylation sites is 1. The van der Waals surface area contributed by atoms with Crippen molar-refractivity contribution in [3.63, 3.8) is 0 Å². The van der Waals surface area contributed by atoms with Crippen LogP contribution in [0.25, 0.3) is 22.4 Å². The average molecular weight is 497 g/mol. The molecule has 9 nitrogen and oxygen atoms in total. The predicted molar refractivity (Wildman–Crippen MR) is 141 cm³/mol. The molecule has 0 saturated heterocycles.